The van der Waals surface area contributed by atoms with Crippen LogP contribution in [0.1, 0.15) is 33.1 Å². The summed E-state index contributed by atoms with van der Waals surface area (Å²) < 4.78 is 0. The fraction of sp³-hybridized carbons (Fsp3) is 0.778. The Bertz CT molecular complexity index is 171. The highest BCUT2D eigenvalue weighted by Gasteiger charge is 1.90. The fourth-order valence-electron chi connectivity index (χ4n) is 0.751. The van der Waals surface area contributed by atoms with Crippen molar-refractivity contribution < 1.29 is 4.79 Å². The first kappa shape index (κ1) is 11.1. The molecule has 0 amide bonds. The van der Waals surface area contributed by atoms with Crippen LogP contribution >= 0.6 is 0 Å². The number of hydrogen-bond donors (Lipinski definition) is 0. The Morgan fingerprint density at radius 1 is 1.50 bits per heavy atom. The molecule has 0 radical (unpaired) electrons. The zero-order valence-corrected chi connectivity index (χ0v) is 7.79. The van der Waals surface area contributed by atoms with Crippen LogP contribution in [0.15, 0.2) is 16.3 Å². The first-order chi connectivity index (χ1) is 5.81. The van der Waals surface area contributed by atoms with E-state index >= 15 is 0 Å². The van der Waals surface area contributed by atoms with Crippen molar-refractivity contribution in [2.45, 2.75) is 39.2 Å². The van der Waals surface area contributed by atoms with Crippen LogP contribution in [0.2, 0.25) is 0 Å². The quantitative estimate of drug-likeness (QED) is 0.341. The van der Waals surface area contributed by atoms with Gasteiger partial charge < -0.3 is 0 Å². The standard InChI is InChI=1S/C9H16N2O/c1-3-4-5-7-10-11-9(2)6-8-12/h6,9H,3-5,7H2,1-2H3. The second kappa shape index (κ2) is 8.15. The Labute approximate surface area is 73.6 Å². The first-order valence-corrected chi connectivity index (χ1v) is 4.39. The van der Waals surface area contributed by atoms with Crippen LogP contribution in [0.4, 0.5) is 0 Å². The largest absolute Gasteiger partial charge is 0.234 e. The van der Waals surface area contributed by atoms with Crippen LogP contribution in [-0.4, -0.2) is 18.5 Å². The molecule has 1 unspecified atom stereocenters. The zero-order valence-electron chi connectivity index (χ0n) is 7.79. The molecule has 0 aromatic carbocycles. The molecule has 12 heavy (non-hydrogen) atoms. The molecule has 3 nitrogen and oxygen atoms in total. The molecule has 0 heterocycles. The highest BCUT2D eigenvalue weighted by molar-refractivity contribution is 5.46. The van der Waals surface area contributed by atoms with Crippen molar-refractivity contribution in [2.75, 3.05) is 6.54 Å². The van der Waals surface area contributed by atoms with E-state index < -0.39 is 0 Å². The Morgan fingerprint density at radius 2 is 2.25 bits per heavy atom. The van der Waals surface area contributed by atoms with Gasteiger partial charge in [0.05, 0.1) is 12.6 Å². The molecular weight excluding hydrogens is 152 g/mol. The molecule has 1 atom stereocenters. The van der Waals surface area contributed by atoms with E-state index in [2.05, 4.69) is 17.2 Å². The second-order valence-electron chi connectivity index (χ2n) is 2.71. The summed E-state index contributed by atoms with van der Waals surface area (Å²) in [7, 11) is 0. The maximum Gasteiger partial charge on any atom is 0.122 e. The number of carbonyl (C=O) groups excluding carboxylic acids is 1. The van der Waals surface area contributed by atoms with Crippen molar-refractivity contribution in [1.82, 2.24) is 0 Å². The van der Waals surface area contributed by atoms with Crippen LogP contribution in [0.3, 0.4) is 0 Å². The van der Waals surface area contributed by atoms with Gasteiger partial charge in [0.15, 0.2) is 0 Å². The van der Waals surface area contributed by atoms with Gasteiger partial charge in [0.1, 0.15) is 5.94 Å². The van der Waals surface area contributed by atoms with E-state index in [1.165, 1.54) is 18.9 Å². The average molecular weight is 168 g/mol. The zero-order chi connectivity index (χ0) is 9.23. The van der Waals surface area contributed by atoms with E-state index in [1.54, 1.807) is 5.94 Å². The molecule has 0 spiro atoms. The van der Waals surface area contributed by atoms with Gasteiger partial charge >= 0.3 is 0 Å². The molecule has 0 fully saturated rings. The second-order valence-corrected chi connectivity index (χ2v) is 2.71. The highest BCUT2D eigenvalue weighted by Crippen LogP contribution is 1.96. The van der Waals surface area contributed by atoms with E-state index in [-0.39, 0.29) is 6.04 Å². The molecule has 0 aromatic heterocycles. The third-order valence-electron chi connectivity index (χ3n) is 1.43. The third kappa shape index (κ3) is 7.16. The molecule has 0 saturated heterocycles. The number of hydrogen-bond acceptors (Lipinski definition) is 3. The summed E-state index contributed by atoms with van der Waals surface area (Å²) in [5.41, 5.74) is 0. The first-order valence-electron chi connectivity index (χ1n) is 4.39. The minimum Gasteiger partial charge on any atom is -0.234 e. The lowest BCUT2D eigenvalue weighted by Crippen LogP contribution is -1.90. The van der Waals surface area contributed by atoms with E-state index in [0.29, 0.717) is 0 Å². The minimum atomic E-state index is -0.121. The van der Waals surface area contributed by atoms with Gasteiger partial charge in [0.2, 0.25) is 0 Å². The maximum atomic E-state index is 9.87. The van der Waals surface area contributed by atoms with Crippen molar-refractivity contribution in [3.8, 4) is 0 Å². The lowest BCUT2D eigenvalue weighted by molar-refractivity contribution is 0.567. The fourth-order valence-corrected chi connectivity index (χ4v) is 0.751. The molecule has 0 rings (SSSR count). The molecule has 0 bridgehead atoms. The summed E-state index contributed by atoms with van der Waals surface area (Å²) in [6.07, 6.45) is 4.83. The number of unbranched alkanes of at least 4 members (excludes halogenated alkanes) is 2. The van der Waals surface area contributed by atoms with Crippen molar-refractivity contribution >= 4 is 5.94 Å². The van der Waals surface area contributed by atoms with Crippen molar-refractivity contribution in [1.29, 1.82) is 0 Å². The Hall–Kier alpha value is -0.950. The molecule has 0 aliphatic carbocycles. The van der Waals surface area contributed by atoms with Crippen molar-refractivity contribution in [3.05, 3.63) is 6.08 Å². The summed E-state index contributed by atoms with van der Waals surface area (Å²) in [4.78, 5) is 9.87. The molecule has 68 valence electrons. The summed E-state index contributed by atoms with van der Waals surface area (Å²) >= 11 is 0. The van der Waals surface area contributed by atoms with Crippen molar-refractivity contribution in [3.63, 3.8) is 0 Å². The van der Waals surface area contributed by atoms with Crippen LogP contribution in [-0.2, 0) is 4.79 Å². The topological polar surface area (TPSA) is 41.8 Å². The monoisotopic (exact) mass is 168 g/mol. The number of rotatable bonds is 6. The number of nitrogens with zero attached hydrogens (tertiary/aromatic N) is 2. The molecule has 0 aromatic rings. The van der Waals surface area contributed by atoms with Crippen LogP contribution in [0.25, 0.3) is 0 Å². The predicted octanol–water partition coefficient (Wildman–Crippen LogP) is 2.41. The molecular formula is C9H16N2O. The maximum absolute atomic E-state index is 9.87. The molecule has 3 heteroatoms. The Balaban J connectivity index is 3.41. The predicted molar refractivity (Wildman–Crippen MR) is 49.0 cm³/mol. The van der Waals surface area contributed by atoms with Crippen molar-refractivity contribution in [2.24, 2.45) is 10.2 Å². The van der Waals surface area contributed by atoms with Gasteiger partial charge in [0, 0.05) is 6.08 Å². The number of azo groups is 1. The van der Waals surface area contributed by atoms with E-state index in [9.17, 15) is 4.79 Å². The molecule has 0 aliphatic rings. The van der Waals surface area contributed by atoms with E-state index in [1.807, 2.05) is 6.92 Å². The smallest absolute Gasteiger partial charge is 0.122 e. The van der Waals surface area contributed by atoms with Gasteiger partial charge in [0.25, 0.3) is 0 Å². The summed E-state index contributed by atoms with van der Waals surface area (Å²) in [5.74, 6) is 1.69. The molecule has 0 aliphatic heterocycles. The normalized spacial score (nSPS) is 12.8. The lowest BCUT2D eigenvalue weighted by Gasteiger charge is -1.94. The van der Waals surface area contributed by atoms with Crippen LogP contribution in [0.5, 0.6) is 0 Å². The van der Waals surface area contributed by atoms with Crippen LogP contribution in [0, 0.1) is 0 Å². The van der Waals surface area contributed by atoms with Gasteiger partial charge in [-0.2, -0.15) is 10.2 Å². The SMILES string of the molecule is CCCCCN=NC(C)C=C=O. The van der Waals surface area contributed by atoms with Gasteiger partial charge in [-0.25, -0.2) is 4.79 Å². The van der Waals surface area contributed by atoms with E-state index in [0.717, 1.165) is 13.0 Å². The summed E-state index contributed by atoms with van der Waals surface area (Å²) in [5, 5.41) is 7.83. The lowest BCUT2D eigenvalue weighted by atomic mass is 10.3. The van der Waals surface area contributed by atoms with Crippen LogP contribution < -0.4 is 0 Å². The average Bonchev–Trinajstić information content (AvgIpc) is 2.05. The molecule has 0 N–H and O–H groups in total. The summed E-state index contributed by atoms with van der Waals surface area (Å²) in [6, 6.07) is -0.121. The highest BCUT2D eigenvalue weighted by atomic mass is 16.1. The Morgan fingerprint density at radius 3 is 2.83 bits per heavy atom. The minimum absolute atomic E-state index is 0.121. The van der Waals surface area contributed by atoms with E-state index in [4.69, 9.17) is 0 Å². The van der Waals surface area contributed by atoms with Gasteiger partial charge in [-0.1, -0.05) is 19.8 Å². The summed E-state index contributed by atoms with van der Waals surface area (Å²) in [6.45, 7) is 4.73. The van der Waals surface area contributed by atoms with Gasteiger partial charge in [-0.05, 0) is 13.3 Å². The van der Waals surface area contributed by atoms with Gasteiger partial charge in [-0.15, -0.1) is 0 Å². The van der Waals surface area contributed by atoms with Gasteiger partial charge in [-0.3, -0.25) is 0 Å². The Kier molecular flexibility index (Phi) is 7.50. The molecule has 0 saturated carbocycles. The third-order valence-corrected chi connectivity index (χ3v) is 1.43.